The van der Waals surface area contributed by atoms with Crippen LogP contribution in [0, 0.1) is 27.6 Å². The van der Waals surface area contributed by atoms with E-state index in [1.165, 1.54) is 73.6 Å². The van der Waals surface area contributed by atoms with Gasteiger partial charge in [-0.25, -0.2) is 0 Å². The van der Waals surface area contributed by atoms with E-state index in [2.05, 4.69) is 151 Å². The fraction of sp³-hybridized carbons (Fsp3) is 0.361. The Morgan fingerprint density at radius 3 is 1.33 bits per heavy atom. The van der Waals surface area contributed by atoms with E-state index < -0.39 is 46.7 Å². The maximum Gasteiger partial charge on any atom is 0.416 e. The Morgan fingerprint density at radius 2 is 0.953 bits per heavy atom. The van der Waals surface area contributed by atoms with Gasteiger partial charge in [0.05, 0.1) is 35.3 Å². The van der Waals surface area contributed by atoms with E-state index in [4.69, 9.17) is 17.2 Å². The molecule has 0 radical (unpaired) electrons. The molecule has 0 aromatic heterocycles. The number of anilines is 1. The second-order valence-electron chi connectivity index (χ2n) is 24.3. The molecule has 7 aromatic rings. The molecule has 0 bridgehead atoms. The summed E-state index contributed by atoms with van der Waals surface area (Å²) >= 11 is 5.26. The number of amides is 1. The zero-order valence-corrected chi connectivity index (χ0v) is 50.8. The minimum absolute atomic E-state index is 0.0331. The van der Waals surface area contributed by atoms with Crippen molar-refractivity contribution in [2.75, 3.05) is 12.4 Å². The molecule has 2 saturated carbocycles. The van der Waals surface area contributed by atoms with Crippen molar-refractivity contribution in [3.63, 3.8) is 0 Å². The van der Waals surface area contributed by atoms with E-state index >= 15 is 0 Å². The predicted molar refractivity (Wildman–Crippen MR) is 339 cm³/mol. The summed E-state index contributed by atoms with van der Waals surface area (Å²) in [5.41, 5.74) is 2.77. The summed E-state index contributed by atoms with van der Waals surface area (Å²) in [6, 6.07) is 63.1. The molecular formula is C72H80F6N6OS. The van der Waals surface area contributed by atoms with Gasteiger partial charge < -0.3 is 15.5 Å². The molecule has 2 aliphatic rings. The van der Waals surface area contributed by atoms with Crippen molar-refractivity contribution in [2.24, 2.45) is 21.2 Å². The smallest absolute Gasteiger partial charge is 0.350 e. The van der Waals surface area contributed by atoms with Crippen LogP contribution in [-0.2, 0) is 17.1 Å². The molecule has 9 rings (SSSR count). The molecule has 0 aliphatic heterocycles. The van der Waals surface area contributed by atoms with Gasteiger partial charge in [-0.2, -0.15) is 31.6 Å². The summed E-state index contributed by atoms with van der Waals surface area (Å²) in [7, 11) is 1.63. The predicted octanol–water partition coefficient (Wildman–Crippen LogP) is 18.7. The highest BCUT2D eigenvalue weighted by Crippen LogP contribution is 2.42. The van der Waals surface area contributed by atoms with Crippen molar-refractivity contribution >= 4 is 35.1 Å². The molecule has 7 aromatic carbocycles. The maximum absolute atomic E-state index is 13.9. The number of rotatable bonds is 15. The molecule has 2 atom stereocenters. The van der Waals surface area contributed by atoms with Crippen molar-refractivity contribution in [1.82, 2.24) is 15.5 Å². The van der Waals surface area contributed by atoms with E-state index in [1.807, 2.05) is 72.8 Å². The van der Waals surface area contributed by atoms with Crippen LogP contribution in [0.3, 0.4) is 0 Å². The number of nitrogens with one attached hydrogen (secondary N) is 3. The average molecular weight is 1190 g/mol. The summed E-state index contributed by atoms with van der Waals surface area (Å²) in [5.74, 6) is -0.380. The van der Waals surface area contributed by atoms with Gasteiger partial charge in [0, 0.05) is 24.4 Å². The molecule has 86 heavy (non-hydrogen) atoms. The Morgan fingerprint density at radius 1 is 0.581 bits per heavy atom. The summed E-state index contributed by atoms with van der Waals surface area (Å²) in [6.45, 7) is 9.95. The number of hydrogen-bond acceptors (Lipinski definition) is 5. The van der Waals surface area contributed by atoms with Crippen molar-refractivity contribution in [2.45, 2.75) is 141 Å². The van der Waals surface area contributed by atoms with Crippen LogP contribution < -0.4 is 16.0 Å². The van der Waals surface area contributed by atoms with Gasteiger partial charge >= 0.3 is 12.4 Å². The van der Waals surface area contributed by atoms with Crippen LogP contribution >= 0.6 is 12.2 Å². The number of aliphatic imine (C=N–C) groups is 1. The van der Waals surface area contributed by atoms with Crippen LogP contribution in [0.15, 0.2) is 205 Å². The highest BCUT2D eigenvalue weighted by Gasteiger charge is 2.40. The number of thiocarbonyl (C=S) groups is 1. The maximum atomic E-state index is 13.9. The number of alkyl halides is 6. The third-order valence-corrected chi connectivity index (χ3v) is 16.6. The van der Waals surface area contributed by atoms with Crippen molar-refractivity contribution in [1.29, 1.82) is 5.26 Å². The van der Waals surface area contributed by atoms with Crippen molar-refractivity contribution < 1.29 is 31.1 Å². The monoisotopic (exact) mass is 1190 g/mol. The number of halogens is 6. The molecule has 14 heteroatoms. The topological polar surface area (TPSA) is 92.6 Å². The lowest BCUT2D eigenvalue weighted by atomic mass is 9.70. The van der Waals surface area contributed by atoms with E-state index in [-0.39, 0.29) is 46.0 Å². The minimum Gasteiger partial charge on any atom is -0.350 e. The van der Waals surface area contributed by atoms with E-state index in [1.54, 1.807) is 32.7 Å². The first kappa shape index (κ1) is 65.9. The fourth-order valence-electron chi connectivity index (χ4n) is 11.5. The van der Waals surface area contributed by atoms with E-state index in [9.17, 15) is 36.4 Å². The molecular weight excluding hydrogens is 1110 g/mol. The second-order valence-corrected chi connectivity index (χ2v) is 24.7. The highest BCUT2D eigenvalue weighted by molar-refractivity contribution is 7.80. The summed E-state index contributed by atoms with van der Waals surface area (Å²) in [6.07, 6.45) is 4.86. The van der Waals surface area contributed by atoms with Crippen LogP contribution in [0.4, 0.5) is 32.0 Å². The lowest BCUT2D eigenvalue weighted by Crippen LogP contribution is -2.55. The number of nitrogens with zero attached hydrogens (tertiary/aromatic N) is 3. The third kappa shape index (κ3) is 18.7. The van der Waals surface area contributed by atoms with Crippen LogP contribution in [-0.4, -0.2) is 41.3 Å². The standard InChI is InChI=1S/C29H29F6N3OS.C22H26N2.C21H25N/c1-27(2,3)24(25(39)38(4)23(18-11-7-5-8-12-18)19-13-9-6-10-14-19)37-26(40)36-22-16-20(28(30,31)32)15-21(17-22)29(33,34)35;1-22(15-9-4-10-16-22)20(17-23)24-21(18-11-5-2-6-12-18)19-13-7-3-8-14-19;1-21(15-9-4-10-16-21)17-22-20(18-11-5-2-6-12-18)19-13-7-3-8-14-19/h5-17,23-24H,1-4H3,(H2,36,37,40);2-3,5-8,11-14,20-21,24H,4,9-10,15-16H2,1H3;2-3,5-8,11-14,17,20H,4,9-10,15-16H2,1H3/t24-;20-;/m10./s1. The van der Waals surface area contributed by atoms with Crippen LogP contribution in [0.2, 0.25) is 0 Å². The average Bonchev–Trinajstić information content (AvgIpc) is 1.60. The van der Waals surface area contributed by atoms with E-state index in [0.29, 0.717) is 12.1 Å². The SMILES string of the molecule is CC1(C=NC(c2ccccc2)c2ccccc2)CCCCC1.CC1([C@H](C#N)NC(c2ccccc2)c2ccccc2)CCCCC1.CN(C(=O)[C@@H](NC(=S)Nc1cc(C(F)(F)F)cc(C(F)(F)F)c1)C(C)(C)C)C(c1ccccc1)c1ccccc1. The third-order valence-electron chi connectivity index (χ3n) is 16.4. The Kier molecular flexibility index (Phi) is 23.1. The summed E-state index contributed by atoms with van der Waals surface area (Å²) in [4.78, 5) is 20.5. The van der Waals surface area contributed by atoms with Crippen LogP contribution in [0.25, 0.3) is 0 Å². The summed E-state index contributed by atoms with van der Waals surface area (Å²) < 4.78 is 79.8. The van der Waals surface area contributed by atoms with Crippen LogP contribution in [0.5, 0.6) is 0 Å². The molecule has 0 saturated heterocycles. The van der Waals surface area contributed by atoms with Gasteiger partial charge in [0.1, 0.15) is 12.1 Å². The number of nitriles is 1. The van der Waals surface area contributed by atoms with Gasteiger partial charge in [-0.3, -0.25) is 15.1 Å². The molecule has 2 fully saturated rings. The Bertz CT molecular complexity index is 3120. The lowest BCUT2D eigenvalue weighted by molar-refractivity contribution is -0.143. The first-order valence-electron chi connectivity index (χ1n) is 29.6. The number of carbonyl (C=O) groups is 1. The minimum atomic E-state index is -5.01. The molecule has 0 spiro atoms. The fourth-order valence-corrected chi connectivity index (χ4v) is 11.7. The van der Waals surface area contributed by atoms with Gasteiger partial charge in [-0.05, 0) is 100 Å². The largest absolute Gasteiger partial charge is 0.416 e. The number of carbonyl (C=O) groups excluding carboxylic acids is 1. The van der Waals surface area contributed by atoms with Crippen molar-refractivity contribution in [3.05, 3.63) is 245 Å². The Hall–Kier alpha value is -7.60. The number of benzene rings is 7. The lowest BCUT2D eigenvalue weighted by Gasteiger charge is -2.39. The quantitative estimate of drug-likeness (QED) is 0.0538. The Balaban J connectivity index is 0.000000196. The zero-order valence-electron chi connectivity index (χ0n) is 50.0. The Labute approximate surface area is 510 Å². The highest BCUT2D eigenvalue weighted by atomic mass is 32.1. The molecule has 3 N–H and O–H groups in total. The van der Waals surface area contributed by atoms with E-state index in [0.717, 1.165) is 24.0 Å². The molecule has 2 aliphatic carbocycles. The number of likely N-dealkylation sites (N-methyl/N-ethyl adjacent to an activating group) is 1. The van der Waals surface area contributed by atoms with Gasteiger partial charge in [-0.15, -0.1) is 0 Å². The zero-order chi connectivity index (χ0) is 62.0. The second kappa shape index (κ2) is 30.2. The molecule has 1 amide bonds. The normalized spacial score (nSPS) is 15.7. The first-order valence-corrected chi connectivity index (χ1v) is 30.0. The molecule has 0 unspecified atom stereocenters. The molecule has 7 nitrogen and oxygen atoms in total. The van der Waals surface area contributed by atoms with Gasteiger partial charge in [0.15, 0.2) is 5.11 Å². The summed E-state index contributed by atoms with van der Waals surface area (Å²) in [5, 5.41) is 18.5. The number of hydrogen-bond donors (Lipinski definition) is 3. The van der Waals surface area contributed by atoms with Crippen molar-refractivity contribution in [3.8, 4) is 6.07 Å². The molecule has 0 heterocycles. The van der Waals surface area contributed by atoms with Crippen LogP contribution in [0.1, 0.15) is 161 Å². The van der Waals surface area contributed by atoms with Gasteiger partial charge in [0.2, 0.25) is 5.91 Å². The molecule has 452 valence electrons. The van der Waals surface area contributed by atoms with Gasteiger partial charge in [0.25, 0.3) is 0 Å². The first-order chi connectivity index (χ1) is 41.0. The van der Waals surface area contributed by atoms with Gasteiger partial charge in [-0.1, -0.05) is 255 Å².